The first-order valence-electron chi connectivity index (χ1n) is 5.85. The van der Waals surface area contributed by atoms with Crippen LogP contribution in [0.4, 0.5) is 0 Å². The van der Waals surface area contributed by atoms with Crippen LogP contribution in [0.1, 0.15) is 46.0 Å². The summed E-state index contributed by atoms with van der Waals surface area (Å²) in [4.78, 5) is 22.0. The fourth-order valence-electron chi connectivity index (χ4n) is 2.23. The monoisotopic (exact) mass is 211 g/mol. The van der Waals surface area contributed by atoms with Gasteiger partial charge in [-0.1, -0.05) is 26.2 Å². The Morgan fingerprint density at radius 2 is 1.93 bits per heavy atom. The standard InChI is InChI=1S/C12H21NO2/c1-9-5-3-4-6-11(9)8-13-12(15)7-10(2)14/h9,11H,3-8H2,1-2H3,(H,13,15). The molecule has 15 heavy (non-hydrogen) atoms. The van der Waals surface area contributed by atoms with Gasteiger partial charge in [-0.3, -0.25) is 9.59 Å². The molecule has 0 bridgehead atoms. The van der Waals surface area contributed by atoms with Gasteiger partial charge in [0.15, 0.2) is 0 Å². The van der Waals surface area contributed by atoms with Crippen LogP contribution in [0.5, 0.6) is 0 Å². The van der Waals surface area contributed by atoms with Crippen molar-refractivity contribution in [2.75, 3.05) is 6.54 Å². The average molecular weight is 211 g/mol. The summed E-state index contributed by atoms with van der Waals surface area (Å²) >= 11 is 0. The van der Waals surface area contributed by atoms with E-state index in [1.165, 1.54) is 32.6 Å². The minimum atomic E-state index is -0.125. The van der Waals surface area contributed by atoms with Crippen LogP contribution in [0.3, 0.4) is 0 Å². The number of Topliss-reactive ketones (excluding diaryl/α,β-unsaturated/α-hetero) is 1. The van der Waals surface area contributed by atoms with Crippen LogP contribution in [0, 0.1) is 11.8 Å². The number of hydrogen-bond donors (Lipinski definition) is 1. The second kappa shape index (κ2) is 5.89. The predicted octanol–water partition coefficient (Wildman–Crippen LogP) is 1.91. The van der Waals surface area contributed by atoms with Crippen molar-refractivity contribution in [3.05, 3.63) is 0 Å². The van der Waals surface area contributed by atoms with Crippen molar-refractivity contribution in [1.29, 1.82) is 0 Å². The third kappa shape index (κ3) is 4.45. The van der Waals surface area contributed by atoms with Gasteiger partial charge in [0.25, 0.3) is 0 Å². The molecule has 3 nitrogen and oxygen atoms in total. The molecule has 0 radical (unpaired) electrons. The number of carbonyl (C=O) groups excluding carboxylic acids is 2. The van der Waals surface area contributed by atoms with Gasteiger partial charge in [-0.05, 0) is 25.2 Å². The summed E-state index contributed by atoms with van der Waals surface area (Å²) in [5, 5.41) is 2.85. The first kappa shape index (κ1) is 12.2. The van der Waals surface area contributed by atoms with Crippen LogP contribution >= 0.6 is 0 Å². The SMILES string of the molecule is CC(=O)CC(=O)NCC1CCCCC1C. The van der Waals surface area contributed by atoms with E-state index in [1.54, 1.807) is 0 Å². The molecule has 0 aromatic carbocycles. The van der Waals surface area contributed by atoms with Gasteiger partial charge in [-0.25, -0.2) is 0 Å². The minimum Gasteiger partial charge on any atom is -0.355 e. The molecule has 1 amide bonds. The molecule has 2 atom stereocenters. The lowest BCUT2D eigenvalue weighted by molar-refractivity contribution is -0.127. The Bertz CT molecular complexity index is 238. The van der Waals surface area contributed by atoms with E-state index in [2.05, 4.69) is 12.2 Å². The molecule has 0 aromatic heterocycles. The molecule has 1 aliphatic carbocycles. The summed E-state index contributed by atoms with van der Waals surface area (Å²) in [5.41, 5.74) is 0. The van der Waals surface area contributed by atoms with Crippen molar-refractivity contribution in [3.8, 4) is 0 Å². The van der Waals surface area contributed by atoms with Crippen LogP contribution < -0.4 is 5.32 Å². The lowest BCUT2D eigenvalue weighted by Crippen LogP contribution is -2.34. The van der Waals surface area contributed by atoms with E-state index < -0.39 is 0 Å². The van der Waals surface area contributed by atoms with E-state index in [0.29, 0.717) is 11.8 Å². The number of hydrogen-bond acceptors (Lipinski definition) is 2. The molecule has 1 aliphatic rings. The second-order valence-electron chi connectivity index (χ2n) is 4.70. The number of nitrogens with one attached hydrogen (secondary N) is 1. The highest BCUT2D eigenvalue weighted by atomic mass is 16.2. The first-order valence-corrected chi connectivity index (χ1v) is 5.85. The van der Waals surface area contributed by atoms with Gasteiger partial charge in [-0.2, -0.15) is 0 Å². The van der Waals surface area contributed by atoms with Crippen LogP contribution in [0.25, 0.3) is 0 Å². The molecular formula is C12H21NO2. The summed E-state index contributed by atoms with van der Waals surface area (Å²) in [6.07, 6.45) is 5.10. The van der Waals surface area contributed by atoms with Gasteiger partial charge in [0.2, 0.25) is 5.91 Å². The van der Waals surface area contributed by atoms with Crippen molar-refractivity contribution in [3.63, 3.8) is 0 Å². The number of ketones is 1. The Balaban J connectivity index is 2.23. The molecule has 1 fully saturated rings. The third-order valence-electron chi connectivity index (χ3n) is 3.26. The van der Waals surface area contributed by atoms with E-state index in [-0.39, 0.29) is 18.1 Å². The van der Waals surface area contributed by atoms with Crippen molar-refractivity contribution in [2.45, 2.75) is 46.0 Å². The van der Waals surface area contributed by atoms with Crippen molar-refractivity contribution in [1.82, 2.24) is 5.32 Å². The van der Waals surface area contributed by atoms with Gasteiger partial charge < -0.3 is 5.32 Å². The number of amides is 1. The molecular weight excluding hydrogens is 190 g/mol. The molecule has 0 saturated heterocycles. The predicted molar refractivity (Wildman–Crippen MR) is 59.4 cm³/mol. The number of carbonyl (C=O) groups is 2. The largest absolute Gasteiger partial charge is 0.355 e. The Morgan fingerprint density at radius 1 is 1.27 bits per heavy atom. The molecule has 86 valence electrons. The molecule has 1 saturated carbocycles. The minimum absolute atomic E-state index is 0.0289. The van der Waals surface area contributed by atoms with Gasteiger partial charge in [0.1, 0.15) is 5.78 Å². The zero-order chi connectivity index (χ0) is 11.3. The summed E-state index contributed by atoms with van der Waals surface area (Å²) < 4.78 is 0. The normalized spacial score (nSPS) is 26.0. The van der Waals surface area contributed by atoms with Gasteiger partial charge in [0, 0.05) is 6.54 Å². The maximum Gasteiger partial charge on any atom is 0.227 e. The highest BCUT2D eigenvalue weighted by Crippen LogP contribution is 2.28. The lowest BCUT2D eigenvalue weighted by atomic mass is 9.80. The second-order valence-corrected chi connectivity index (χ2v) is 4.70. The quantitative estimate of drug-likeness (QED) is 0.722. The van der Waals surface area contributed by atoms with E-state index in [0.717, 1.165) is 6.54 Å². The summed E-state index contributed by atoms with van der Waals surface area (Å²) in [7, 11) is 0. The molecule has 2 unspecified atom stereocenters. The maximum atomic E-state index is 11.3. The lowest BCUT2D eigenvalue weighted by Gasteiger charge is -2.28. The van der Waals surface area contributed by atoms with E-state index >= 15 is 0 Å². The van der Waals surface area contributed by atoms with Crippen LogP contribution in [-0.4, -0.2) is 18.2 Å². The van der Waals surface area contributed by atoms with Crippen LogP contribution in [0.15, 0.2) is 0 Å². The Hall–Kier alpha value is -0.860. The Kier molecular flexibility index (Phi) is 4.79. The molecule has 0 aromatic rings. The first-order chi connectivity index (χ1) is 7.09. The Morgan fingerprint density at radius 3 is 2.53 bits per heavy atom. The molecule has 0 aliphatic heterocycles. The summed E-state index contributed by atoms with van der Waals surface area (Å²) in [6, 6.07) is 0. The fourth-order valence-corrected chi connectivity index (χ4v) is 2.23. The Labute approximate surface area is 91.6 Å². The van der Waals surface area contributed by atoms with Gasteiger partial charge >= 0.3 is 0 Å². The fraction of sp³-hybridized carbons (Fsp3) is 0.833. The molecule has 3 heteroatoms. The van der Waals surface area contributed by atoms with Gasteiger partial charge in [0.05, 0.1) is 6.42 Å². The van der Waals surface area contributed by atoms with E-state index in [9.17, 15) is 9.59 Å². The molecule has 1 N–H and O–H groups in total. The molecule has 0 heterocycles. The van der Waals surface area contributed by atoms with E-state index in [1.807, 2.05) is 0 Å². The molecule has 1 rings (SSSR count). The highest BCUT2D eigenvalue weighted by Gasteiger charge is 2.21. The molecule has 0 spiro atoms. The highest BCUT2D eigenvalue weighted by molar-refractivity contribution is 5.96. The van der Waals surface area contributed by atoms with Crippen LogP contribution in [-0.2, 0) is 9.59 Å². The summed E-state index contributed by atoms with van der Waals surface area (Å²) in [6.45, 7) is 4.44. The zero-order valence-corrected chi connectivity index (χ0v) is 9.71. The van der Waals surface area contributed by atoms with Crippen molar-refractivity contribution >= 4 is 11.7 Å². The maximum absolute atomic E-state index is 11.3. The third-order valence-corrected chi connectivity index (χ3v) is 3.26. The number of rotatable bonds is 4. The summed E-state index contributed by atoms with van der Waals surface area (Å²) in [5.74, 6) is 1.12. The van der Waals surface area contributed by atoms with Gasteiger partial charge in [-0.15, -0.1) is 0 Å². The smallest absolute Gasteiger partial charge is 0.227 e. The average Bonchev–Trinajstić information content (AvgIpc) is 2.15. The van der Waals surface area contributed by atoms with Crippen LogP contribution in [0.2, 0.25) is 0 Å². The van der Waals surface area contributed by atoms with Crippen molar-refractivity contribution in [2.24, 2.45) is 11.8 Å². The van der Waals surface area contributed by atoms with E-state index in [4.69, 9.17) is 0 Å². The zero-order valence-electron chi connectivity index (χ0n) is 9.71. The topological polar surface area (TPSA) is 46.2 Å². The van der Waals surface area contributed by atoms with Crippen molar-refractivity contribution < 1.29 is 9.59 Å².